The number of para-hydroxylation sites is 1. The van der Waals surface area contributed by atoms with Gasteiger partial charge in [-0.05, 0) is 31.2 Å². The van der Waals surface area contributed by atoms with Gasteiger partial charge in [-0.3, -0.25) is 5.32 Å². The van der Waals surface area contributed by atoms with Crippen molar-refractivity contribution in [1.29, 1.82) is 0 Å². The van der Waals surface area contributed by atoms with Crippen LogP contribution in [0.3, 0.4) is 0 Å². The van der Waals surface area contributed by atoms with Crippen molar-refractivity contribution in [2.24, 2.45) is 0 Å². The van der Waals surface area contributed by atoms with Gasteiger partial charge in [0.1, 0.15) is 11.6 Å². The van der Waals surface area contributed by atoms with E-state index in [2.05, 4.69) is 15.6 Å². The first-order valence-electron chi connectivity index (χ1n) is 8.65. The van der Waals surface area contributed by atoms with Gasteiger partial charge in [-0.2, -0.15) is 0 Å². The zero-order chi connectivity index (χ0) is 19.8. The fourth-order valence-corrected chi connectivity index (χ4v) is 3.60. The molecule has 3 heterocycles. The third-order valence-electron chi connectivity index (χ3n) is 4.60. The van der Waals surface area contributed by atoms with Crippen molar-refractivity contribution in [3.8, 4) is 5.75 Å². The minimum atomic E-state index is -1.13. The number of urea groups is 1. The van der Waals surface area contributed by atoms with Crippen molar-refractivity contribution < 1.29 is 19.4 Å². The minimum Gasteiger partial charge on any atom is -0.492 e. The van der Waals surface area contributed by atoms with Gasteiger partial charge in [-0.25, -0.2) is 19.1 Å². The van der Waals surface area contributed by atoms with Crippen LogP contribution in [-0.4, -0.2) is 33.4 Å². The highest BCUT2D eigenvalue weighted by Crippen LogP contribution is 2.37. The molecule has 0 aliphatic carbocycles. The first-order chi connectivity index (χ1) is 13.4. The average molecular weight is 401 g/mol. The number of carbonyl (C=O) groups is 2. The summed E-state index contributed by atoms with van der Waals surface area (Å²) in [4.78, 5) is 28.2. The molecule has 1 aromatic carbocycles. The molecule has 4 rings (SSSR count). The second-order valence-corrected chi connectivity index (χ2v) is 6.87. The van der Waals surface area contributed by atoms with Gasteiger partial charge < -0.3 is 15.2 Å². The Kier molecular flexibility index (Phi) is 4.56. The summed E-state index contributed by atoms with van der Waals surface area (Å²) in [5, 5.41) is 16.1. The number of hydrogen-bond donors (Lipinski definition) is 3. The third-order valence-corrected chi connectivity index (χ3v) is 4.90. The van der Waals surface area contributed by atoms with Crippen molar-refractivity contribution in [3.05, 3.63) is 52.7 Å². The molecular weight excluding hydrogens is 384 g/mol. The summed E-state index contributed by atoms with van der Waals surface area (Å²) >= 11 is 6.16. The Morgan fingerprint density at radius 1 is 1.32 bits per heavy atom. The first-order valence-corrected chi connectivity index (χ1v) is 9.03. The lowest BCUT2D eigenvalue weighted by Crippen LogP contribution is -2.35. The quantitative estimate of drug-likeness (QED) is 0.598. The molecule has 2 amide bonds. The first kappa shape index (κ1) is 18.1. The number of aromatic nitrogens is 2. The predicted octanol–water partition coefficient (Wildman–Crippen LogP) is 4.17. The molecule has 28 heavy (non-hydrogen) atoms. The maximum Gasteiger partial charge on any atom is 0.417 e. The number of anilines is 1. The summed E-state index contributed by atoms with van der Waals surface area (Å²) in [6.45, 7) is 2.13. The van der Waals surface area contributed by atoms with E-state index in [-0.39, 0.29) is 17.5 Å². The molecular formula is C19H17ClN4O4. The van der Waals surface area contributed by atoms with E-state index < -0.39 is 12.1 Å². The van der Waals surface area contributed by atoms with Crippen LogP contribution in [-0.2, 0) is 0 Å². The summed E-state index contributed by atoms with van der Waals surface area (Å²) in [6, 6.07) is 9.77. The molecule has 9 heteroatoms. The number of rotatable bonds is 2. The van der Waals surface area contributed by atoms with E-state index in [0.29, 0.717) is 34.9 Å². The summed E-state index contributed by atoms with van der Waals surface area (Å²) < 4.78 is 6.67. The Morgan fingerprint density at radius 3 is 2.93 bits per heavy atom. The predicted molar refractivity (Wildman–Crippen MR) is 104 cm³/mol. The fraction of sp³-hybridized carbons (Fsp3) is 0.211. The molecule has 0 saturated carbocycles. The van der Waals surface area contributed by atoms with E-state index in [9.17, 15) is 14.7 Å². The van der Waals surface area contributed by atoms with Crippen molar-refractivity contribution in [3.63, 3.8) is 0 Å². The Bertz CT molecular complexity index is 1090. The van der Waals surface area contributed by atoms with Crippen LogP contribution in [0.2, 0.25) is 5.02 Å². The Balaban J connectivity index is 1.54. The number of aryl methyl sites for hydroxylation is 1. The van der Waals surface area contributed by atoms with Crippen LogP contribution in [0.25, 0.3) is 11.0 Å². The molecule has 144 valence electrons. The normalized spacial score (nSPS) is 15.6. The molecule has 0 spiro atoms. The SMILES string of the molecule is Cc1cc2ccc(NC(=O)N[C@H]3CCOc4c(Cl)cccc43)nc2n1C(=O)O. The van der Waals surface area contributed by atoms with Crippen LogP contribution >= 0.6 is 11.6 Å². The van der Waals surface area contributed by atoms with Gasteiger partial charge in [0.25, 0.3) is 0 Å². The van der Waals surface area contributed by atoms with E-state index in [1.165, 1.54) is 0 Å². The Hall–Kier alpha value is -3.26. The number of carboxylic acid groups (broad SMARTS) is 1. The molecule has 1 aliphatic rings. The number of fused-ring (bicyclic) bond motifs is 2. The number of carbonyl (C=O) groups excluding carboxylic acids is 1. The monoisotopic (exact) mass is 400 g/mol. The molecule has 0 radical (unpaired) electrons. The largest absolute Gasteiger partial charge is 0.492 e. The number of nitrogens with one attached hydrogen (secondary N) is 2. The van der Waals surface area contributed by atoms with E-state index in [4.69, 9.17) is 16.3 Å². The molecule has 1 aliphatic heterocycles. The highest BCUT2D eigenvalue weighted by molar-refractivity contribution is 6.32. The maximum absolute atomic E-state index is 12.5. The standard InChI is InChI=1S/C19H17ClN4O4/c1-10-9-11-5-6-15(22-17(11)24(10)19(26)27)23-18(25)21-14-7-8-28-16-12(14)3-2-4-13(16)20/h2-6,9,14H,7-8H2,1H3,(H,26,27)(H2,21,22,23,25)/t14-/m0/s1. The smallest absolute Gasteiger partial charge is 0.417 e. The molecule has 0 bridgehead atoms. The van der Waals surface area contributed by atoms with E-state index in [1.807, 2.05) is 6.07 Å². The van der Waals surface area contributed by atoms with Crippen LogP contribution in [0.1, 0.15) is 23.7 Å². The van der Waals surface area contributed by atoms with Crippen molar-refractivity contribution in [1.82, 2.24) is 14.9 Å². The second kappa shape index (κ2) is 7.05. The molecule has 3 N–H and O–H groups in total. The van der Waals surface area contributed by atoms with Crippen LogP contribution in [0.15, 0.2) is 36.4 Å². The van der Waals surface area contributed by atoms with E-state index in [1.54, 1.807) is 37.3 Å². The summed E-state index contributed by atoms with van der Waals surface area (Å²) in [7, 11) is 0. The van der Waals surface area contributed by atoms with Crippen molar-refractivity contribution in [2.75, 3.05) is 11.9 Å². The van der Waals surface area contributed by atoms with Gasteiger partial charge in [-0.15, -0.1) is 0 Å². The maximum atomic E-state index is 12.5. The third kappa shape index (κ3) is 3.22. The molecule has 0 saturated heterocycles. The number of nitrogens with zero attached hydrogens (tertiary/aromatic N) is 2. The molecule has 8 nitrogen and oxygen atoms in total. The zero-order valence-electron chi connectivity index (χ0n) is 14.9. The fourth-order valence-electron chi connectivity index (χ4n) is 3.37. The summed E-state index contributed by atoms with van der Waals surface area (Å²) in [5.74, 6) is 0.832. The average Bonchev–Trinajstić information content (AvgIpc) is 2.98. The van der Waals surface area contributed by atoms with Gasteiger partial charge in [0.05, 0.1) is 17.7 Å². The number of pyridine rings is 1. The number of hydrogen-bond acceptors (Lipinski definition) is 4. The van der Waals surface area contributed by atoms with Crippen LogP contribution in [0.5, 0.6) is 5.75 Å². The number of halogens is 1. The van der Waals surface area contributed by atoms with Gasteiger partial charge in [0, 0.05) is 23.1 Å². The molecule has 0 unspecified atom stereocenters. The lowest BCUT2D eigenvalue weighted by molar-refractivity contribution is 0.197. The van der Waals surface area contributed by atoms with E-state index in [0.717, 1.165) is 10.1 Å². The lowest BCUT2D eigenvalue weighted by atomic mass is 10.0. The summed E-state index contributed by atoms with van der Waals surface area (Å²) in [6.07, 6.45) is -0.522. The highest BCUT2D eigenvalue weighted by Gasteiger charge is 2.25. The molecule has 2 aromatic heterocycles. The lowest BCUT2D eigenvalue weighted by Gasteiger charge is -2.27. The Labute approximate surface area is 165 Å². The van der Waals surface area contributed by atoms with Crippen LogP contribution < -0.4 is 15.4 Å². The second-order valence-electron chi connectivity index (χ2n) is 6.46. The highest BCUT2D eigenvalue weighted by atomic mass is 35.5. The topological polar surface area (TPSA) is 105 Å². The van der Waals surface area contributed by atoms with Gasteiger partial charge >= 0.3 is 12.1 Å². The van der Waals surface area contributed by atoms with Crippen molar-refractivity contribution >= 4 is 40.6 Å². The zero-order valence-corrected chi connectivity index (χ0v) is 15.7. The van der Waals surface area contributed by atoms with Gasteiger partial charge in [0.15, 0.2) is 5.65 Å². The summed E-state index contributed by atoms with van der Waals surface area (Å²) in [5.41, 5.74) is 1.63. The van der Waals surface area contributed by atoms with Gasteiger partial charge in [0.2, 0.25) is 0 Å². The Morgan fingerprint density at radius 2 is 2.14 bits per heavy atom. The number of amides is 2. The van der Waals surface area contributed by atoms with E-state index >= 15 is 0 Å². The van der Waals surface area contributed by atoms with Crippen LogP contribution in [0.4, 0.5) is 15.4 Å². The minimum absolute atomic E-state index is 0.253. The van der Waals surface area contributed by atoms with Crippen LogP contribution in [0, 0.1) is 6.92 Å². The molecule has 3 aromatic rings. The molecule has 1 atom stereocenters. The van der Waals surface area contributed by atoms with Gasteiger partial charge in [-0.1, -0.05) is 23.7 Å². The number of ether oxygens (including phenoxy) is 1. The molecule has 0 fully saturated rings. The van der Waals surface area contributed by atoms with Crippen molar-refractivity contribution in [2.45, 2.75) is 19.4 Å². The number of benzene rings is 1.